The molecule has 0 amide bonds. The molecular formula is C17H13FO4. The number of benzene rings is 2. The minimum atomic E-state index is -0.352. The van der Waals surface area contributed by atoms with E-state index in [-0.39, 0.29) is 11.2 Å². The van der Waals surface area contributed by atoms with E-state index in [1.54, 1.807) is 24.3 Å². The molecule has 0 N–H and O–H groups in total. The summed E-state index contributed by atoms with van der Waals surface area (Å²) in [4.78, 5) is 12.4. The normalized spacial score (nSPS) is 10.7. The molecule has 4 nitrogen and oxygen atoms in total. The molecule has 5 heteroatoms. The first-order chi connectivity index (χ1) is 10.6. The van der Waals surface area contributed by atoms with Crippen molar-refractivity contribution in [3.05, 3.63) is 58.5 Å². The van der Waals surface area contributed by atoms with E-state index in [4.69, 9.17) is 13.9 Å². The fourth-order valence-electron chi connectivity index (χ4n) is 2.26. The fraction of sp³-hybridized carbons (Fsp3) is 0.118. The number of hydrogen-bond acceptors (Lipinski definition) is 4. The van der Waals surface area contributed by atoms with Crippen LogP contribution in [-0.4, -0.2) is 14.2 Å². The van der Waals surface area contributed by atoms with Crippen molar-refractivity contribution in [3.8, 4) is 22.8 Å². The molecule has 22 heavy (non-hydrogen) atoms. The quantitative estimate of drug-likeness (QED) is 0.741. The first kappa shape index (κ1) is 14.1. The molecule has 3 aromatic rings. The van der Waals surface area contributed by atoms with Crippen LogP contribution in [0.3, 0.4) is 0 Å². The lowest BCUT2D eigenvalue weighted by molar-refractivity contribution is 0.396. The van der Waals surface area contributed by atoms with Gasteiger partial charge in [-0.15, -0.1) is 0 Å². The number of rotatable bonds is 3. The van der Waals surface area contributed by atoms with Gasteiger partial charge in [-0.2, -0.15) is 0 Å². The zero-order valence-corrected chi connectivity index (χ0v) is 12.1. The average Bonchev–Trinajstić information content (AvgIpc) is 2.54. The molecule has 1 heterocycles. The summed E-state index contributed by atoms with van der Waals surface area (Å²) in [5, 5.41) is 0.342. The maximum absolute atomic E-state index is 13.0. The molecule has 0 radical (unpaired) electrons. The van der Waals surface area contributed by atoms with Gasteiger partial charge >= 0.3 is 0 Å². The Morgan fingerprint density at radius 3 is 2.36 bits per heavy atom. The summed E-state index contributed by atoms with van der Waals surface area (Å²) in [5.74, 6) is 0.903. The second kappa shape index (κ2) is 5.52. The molecule has 0 aliphatic carbocycles. The van der Waals surface area contributed by atoms with Gasteiger partial charge in [-0.25, -0.2) is 4.39 Å². The lowest BCUT2D eigenvalue weighted by Gasteiger charge is -2.09. The van der Waals surface area contributed by atoms with Crippen molar-refractivity contribution in [1.82, 2.24) is 0 Å². The van der Waals surface area contributed by atoms with Crippen molar-refractivity contribution in [1.29, 1.82) is 0 Å². The molecule has 0 saturated heterocycles. The fourth-order valence-corrected chi connectivity index (χ4v) is 2.26. The largest absolute Gasteiger partial charge is 0.496 e. The van der Waals surface area contributed by atoms with Crippen LogP contribution in [-0.2, 0) is 0 Å². The molecule has 3 rings (SSSR count). The van der Waals surface area contributed by atoms with Crippen LogP contribution in [0.4, 0.5) is 4.39 Å². The van der Waals surface area contributed by atoms with E-state index >= 15 is 0 Å². The van der Waals surface area contributed by atoms with E-state index in [0.29, 0.717) is 33.8 Å². The minimum absolute atomic E-state index is 0.236. The van der Waals surface area contributed by atoms with Gasteiger partial charge < -0.3 is 13.9 Å². The molecule has 0 unspecified atom stereocenters. The molecule has 112 valence electrons. The number of ether oxygens (including phenoxy) is 2. The van der Waals surface area contributed by atoms with Gasteiger partial charge in [0.2, 0.25) is 0 Å². The van der Waals surface area contributed by atoms with E-state index in [1.165, 1.54) is 32.4 Å². The molecule has 2 aromatic carbocycles. The summed E-state index contributed by atoms with van der Waals surface area (Å²) in [7, 11) is 2.99. The SMILES string of the molecule is COc1cc(OC)c2c(=O)cc(-c3ccc(F)cc3)oc2c1. The highest BCUT2D eigenvalue weighted by atomic mass is 19.1. The number of methoxy groups -OCH3 is 2. The molecule has 0 fully saturated rings. The van der Waals surface area contributed by atoms with Crippen LogP contribution in [0.2, 0.25) is 0 Å². The van der Waals surface area contributed by atoms with Crippen LogP contribution >= 0.6 is 0 Å². The van der Waals surface area contributed by atoms with Crippen molar-refractivity contribution < 1.29 is 18.3 Å². The van der Waals surface area contributed by atoms with Crippen LogP contribution in [0.15, 0.2) is 51.7 Å². The van der Waals surface area contributed by atoms with E-state index < -0.39 is 0 Å². The molecule has 0 bridgehead atoms. The maximum Gasteiger partial charge on any atom is 0.197 e. The Balaban J connectivity index is 2.27. The maximum atomic E-state index is 13.0. The smallest absolute Gasteiger partial charge is 0.197 e. The molecule has 0 aliphatic heterocycles. The Morgan fingerprint density at radius 2 is 1.73 bits per heavy atom. The molecule has 0 aliphatic rings. The van der Waals surface area contributed by atoms with Crippen molar-refractivity contribution in [3.63, 3.8) is 0 Å². The first-order valence-corrected chi connectivity index (χ1v) is 6.58. The second-order valence-corrected chi connectivity index (χ2v) is 4.68. The lowest BCUT2D eigenvalue weighted by atomic mass is 10.1. The predicted octanol–water partition coefficient (Wildman–Crippen LogP) is 3.62. The highest BCUT2D eigenvalue weighted by molar-refractivity contribution is 5.86. The van der Waals surface area contributed by atoms with Crippen molar-refractivity contribution >= 4 is 11.0 Å². The Bertz CT molecular complexity index is 882. The Hall–Kier alpha value is -2.82. The van der Waals surface area contributed by atoms with Crippen LogP contribution in [0.25, 0.3) is 22.3 Å². The molecule has 0 saturated carbocycles. The van der Waals surface area contributed by atoms with Crippen LogP contribution < -0.4 is 14.9 Å². The van der Waals surface area contributed by atoms with E-state index in [0.717, 1.165) is 0 Å². The van der Waals surface area contributed by atoms with Crippen LogP contribution in [0.1, 0.15) is 0 Å². The third-order valence-corrected chi connectivity index (χ3v) is 3.35. The summed E-state index contributed by atoms with van der Waals surface area (Å²) in [5.41, 5.74) is 0.727. The lowest BCUT2D eigenvalue weighted by Crippen LogP contribution is -2.03. The van der Waals surface area contributed by atoms with Gasteiger partial charge in [-0.1, -0.05) is 0 Å². The first-order valence-electron chi connectivity index (χ1n) is 6.58. The number of hydrogen-bond donors (Lipinski definition) is 0. The molecule has 0 spiro atoms. The Labute approximate surface area is 125 Å². The van der Waals surface area contributed by atoms with Crippen LogP contribution in [0.5, 0.6) is 11.5 Å². The van der Waals surface area contributed by atoms with Crippen molar-refractivity contribution in [2.45, 2.75) is 0 Å². The topological polar surface area (TPSA) is 48.7 Å². The predicted molar refractivity (Wildman–Crippen MR) is 81.0 cm³/mol. The zero-order valence-electron chi connectivity index (χ0n) is 12.1. The third-order valence-electron chi connectivity index (χ3n) is 3.35. The summed E-state index contributed by atoms with van der Waals surface area (Å²) < 4.78 is 29.2. The third kappa shape index (κ3) is 2.41. The Kier molecular flexibility index (Phi) is 3.55. The second-order valence-electron chi connectivity index (χ2n) is 4.68. The summed E-state index contributed by atoms with van der Waals surface area (Å²) >= 11 is 0. The summed E-state index contributed by atoms with van der Waals surface area (Å²) in [6.07, 6.45) is 0. The highest BCUT2D eigenvalue weighted by Crippen LogP contribution is 2.31. The zero-order chi connectivity index (χ0) is 15.7. The van der Waals surface area contributed by atoms with E-state index in [2.05, 4.69) is 0 Å². The molecule has 1 aromatic heterocycles. The summed E-state index contributed by atoms with van der Waals surface area (Å²) in [6.45, 7) is 0. The van der Waals surface area contributed by atoms with Crippen molar-refractivity contribution in [2.24, 2.45) is 0 Å². The average molecular weight is 300 g/mol. The number of halogens is 1. The number of fused-ring (bicyclic) bond motifs is 1. The van der Waals surface area contributed by atoms with Gasteiger partial charge in [0.05, 0.1) is 14.2 Å². The van der Waals surface area contributed by atoms with E-state index in [9.17, 15) is 9.18 Å². The standard InChI is InChI=1S/C17H13FO4/c1-20-12-7-15(21-2)17-13(19)9-14(22-16(17)8-12)10-3-5-11(18)6-4-10/h3-9H,1-2H3. The van der Waals surface area contributed by atoms with E-state index in [1.807, 2.05) is 0 Å². The summed E-state index contributed by atoms with van der Waals surface area (Å²) in [6, 6.07) is 10.3. The van der Waals surface area contributed by atoms with Gasteiger partial charge in [-0.3, -0.25) is 4.79 Å². The Morgan fingerprint density at radius 1 is 1.00 bits per heavy atom. The van der Waals surface area contributed by atoms with Gasteiger partial charge in [0.1, 0.15) is 34.0 Å². The molecular weight excluding hydrogens is 287 g/mol. The van der Waals surface area contributed by atoms with Crippen molar-refractivity contribution in [2.75, 3.05) is 14.2 Å². The minimum Gasteiger partial charge on any atom is -0.496 e. The van der Waals surface area contributed by atoms with Gasteiger partial charge in [0, 0.05) is 23.8 Å². The van der Waals surface area contributed by atoms with Gasteiger partial charge in [-0.05, 0) is 24.3 Å². The highest BCUT2D eigenvalue weighted by Gasteiger charge is 2.13. The van der Waals surface area contributed by atoms with Gasteiger partial charge in [0.25, 0.3) is 0 Å². The molecule has 0 atom stereocenters. The van der Waals surface area contributed by atoms with Gasteiger partial charge in [0.15, 0.2) is 5.43 Å². The monoisotopic (exact) mass is 300 g/mol. The van der Waals surface area contributed by atoms with Crippen LogP contribution in [0, 0.1) is 5.82 Å².